The Labute approximate surface area is 166 Å². The summed E-state index contributed by atoms with van der Waals surface area (Å²) >= 11 is 7.60. The van der Waals surface area contributed by atoms with Crippen molar-refractivity contribution in [1.82, 2.24) is 4.98 Å². The minimum atomic E-state index is -0.159. The number of thiophene rings is 1. The molecule has 1 amide bonds. The van der Waals surface area contributed by atoms with E-state index in [-0.39, 0.29) is 11.1 Å². The number of anilines is 1. The van der Waals surface area contributed by atoms with Crippen LogP contribution in [-0.4, -0.2) is 10.9 Å². The van der Waals surface area contributed by atoms with Crippen molar-refractivity contribution >= 4 is 44.6 Å². The van der Waals surface area contributed by atoms with Crippen molar-refractivity contribution in [2.45, 2.75) is 13.3 Å². The molecular formula is C22H17ClN2OS. The third kappa shape index (κ3) is 3.72. The summed E-state index contributed by atoms with van der Waals surface area (Å²) in [4.78, 5) is 17.7. The van der Waals surface area contributed by atoms with E-state index >= 15 is 0 Å². The minimum absolute atomic E-state index is 0.159. The molecule has 0 bridgehead atoms. The molecule has 0 atom stereocenters. The highest BCUT2D eigenvalue weighted by molar-refractivity contribution is 7.21. The van der Waals surface area contributed by atoms with Crippen molar-refractivity contribution in [3.05, 3.63) is 93.6 Å². The van der Waals surface area contributed by atoms with Crippen molar-refractivity contribution in [1.29, 1.82) is 0 Å². The van der Waals surface area contributed by atoms with E-state index in [1.807, 2.05) is 18.2 Å². The van der Waals surface area contributed by atoms with Gasteiger partial charge in [-0.05, 0) is 48.1 Å². The van der Waals surface area contributed by atoms with Gasteiger partial charge in [0.1, 0.15) is 0 Å². The highest BCUT2D eigenvalue weighted by atomic mass is 35.5. The minimum Gasteiger partial charge on any atom is -0.319 e. The molecular weight excluding hydrogens is 376 g/mol. The average Bonchev–Trinajstić information content (AvgIpc) is 3.04. The van der Waals surface area contributed by atoms with Crippen molar-refractivity contribution in [3.63, 3.8) is 0 Å². The molecule has 2 heterocycles. The molecule has 4 rings (SSSR count). The largest absolute Gasteiger partial charge is 0.319 e. The van der Waals surface area contributed by atoms with E-state index in [9.17, 15) is 4.79 Å². The zero-order chi connectivity index (χ0) is 18.8. The number of nitrogens with one attached hydrogen (secondary N) is 1. The van der Waals surface area contributed by atoms with Gasteiger partial charge in [-0.25, -0.2) is 4.98 Å². The lowest BCUT2D eigenvalue weighted by Crippen LogP contribution is -2.13. The van der Waals surface area contributed by atoms with Gasteiger partial charge in [-0.15, -0.1) is 11.3 Å². The molecule has 0 radical (unpaired) electrons. The molecule has 0 fully saturated rings. The lowest BCUT2D eigenvalue weighted by molar-refractivity contribution is 0.103. The molecule has 2 aromatic carbocycles. The van der Waals surface area contributed by atoms with E-state index < -0.39 is 0 Å². The molecule has 0 unspecified atom stereocenters. The zero-order valence-corrected chi connectivity index (χ0v) is 16.3. The van der Waals surface area contributed by atoms with Crippen molar-refractivity contribution in [3.8, 4) is 0 Å². The Kier molecular flexibility index (Phi) is 4.92. The molecule has 0 aliphatic rings. The van der Waals surface area contributed by atoms with Crippen LogP contribution in [0.25, 0.3) is 10.1 Å². The molecule has 0 saturated carbocycles. The second-order valence-corrected chi connectivity index (χ2v) is 7.77. The van der Waals surface area contributed by atoms with Crippen molar-refractivity contribution < 1.29 is 4.79 Å². The fraction of sp³-hybridized carbons (Fsp3) is 0.0909. The maximum Gasteiger partial charge on any atom is 0.266 e. The molecule has 2 aromatic heterocycles. The quantitative estimate of drug-likeness (QED) is 0.426. The fourth-order valence-electron chi connectivity index (χ4n) is 3.03. The molecule has 0 aliphatic carbocycles. The third-order valence-electron chi connectivity index (χ3n) is 4.41. The zero-order valence-electron chi connectivity index (χ0n) is 14.7. The summed E-state index contributed by atoms with van der Waals surface area (Å²) in [6.07, 6.45) is 2.30. The van der Waals surface area contributed by atoms with Gasteiger partial charge in [-0.3, -0.25) is 4.79 Å². The summed E-state index contributed by atoms with van der Waals surface area (Å²) in [7, 11) is 0. The SMILES string of the molecule is Cc1ccc(Cc2c(C(=O)Nc3cccnc3Cl)sc3ccccc23)cc1. The van der Waals surface area contributed by atoms with Crippen LogP contribution in [0.15, 0.2) is 66.9 Å². The topological polar surface area (TPSA) is 42.0 Å². The molecule has 27 heavy (non-hydrogen) atoms. The molecule has 0 saturated heterocycles. The smallest absolute Gasteiger partial charge is 0.266 e. The highest BCUT2D eigenvalue weighted by Gasteiger charge is 2.19. The van der Waals surface area contributed by atoms with Crippen LogP contribution in [0, 0.1) is 6.92 Å². The van der Waals surface area contributed by atoms with Crippen LogP contribution in [0.2, 0.25) is 5.15 Å². The number of aromatic nitrogens is 1. The second kappa shape index (κ2) is 7.51. The first-order chi connectivity index (χ1) is 13.1. The highest BCUT2D eigenvalue weighted by Crippen LogP contribution is 2.34. The van der Waals surface area contributed by atoms with E-state index in [0.29, 0.717) is 17.0 Å². The standard InChI is InChI=1S/C22H17ClN2OS/c1-14-8-10-15(11-9-14)13-17-16-5-2-3-7-19(16)27-20(17)22(26)25-18-6-4-12-24-21(18)23/h2-12H,13H2,1H3,(H,25,26). The van der Waals surface area contributed by atoms with Gasteiger partial charge in [0.05, 0.1) is 10.6 Å². The summed E-state index contributed by atoms with van der Waals surface area (Å²) in [6, 6.07) is 20.0. The molecule has 134 valence electrons. The third-order valence-corrected chi connectivity index (χ3v) is 5.93. The van der Waals surface area contributed by atoms with Crippen LogP contribution in [-0.2, 0) is 6.42 Å². The molecule has 5 heteroatoms. The summed E-state index contributed by atoms with van der Waals surface area (Å²) in [5.41, 5.74) is 3.95. The average molecular weight is 393 g/mol. The first kappa shape index (κ1) is 17.7. The number of carbonyl (C=O) groups excluding carboxylic acids is 1. The van der Waals surface area contributed by atoms with Crippen LogP contribution in [0.5, 0.6) is 0 Å². The summed E-state index contributed by atoms with van der Waals surface area (Å²) < 4.78 is 1.10. The van der Waals surface area contributed by atoms with Gasteiger partial charge < -0.3 is 5.32 Å². The molecule has 0 aliphatic heterocycles. The molecule has 3 nitrogen and oxygen atoms in total. The molecule has 4 aromatic rings. The summed E-state index contributed by atoms with van der Waals surface area (Å²) in [6.45, 7) is 2.07. The van der Waals surface area contributed by atoms with Gasteiger partial charge >= 0.3 is 0 Å². The number of pyridine rings is 1. The number of nitrogens with zero attached hydrogens (tertiary/aromatic N) is 1. The van der Waals surface area contributed by atoms with Crippen LogP contribution in [0.3, 0.4) is 0 Å². The fourth-order valence-corrected chi connectivity index (χ4v) is 4.31. The number of halogens is 1. The lowest BCUT2D eigenvalue weighted by atomic mass is 10.0. The van der Waals surface area contributed by atoms with Crippen molar-refractivity contribution in [2.24, 2.45) is 0 Å². The number of fused-ring (bicyclic) bond motifs is 1. The Morgan fingerprint density at radius 3 is 2.63 bits per heavy atom. The predicted molar refractivity (Wildman–Crippen MR) is 113 cm³/mol. The number of amides is 1. The van der Waals surface area contributed by atoms with Gasteiger partial charge in [0.15, 0.2) is 5.15 Å². The van der Waals surface area contributed by atoms with Gasteiger partial charge in [0.2, 0.25) is 0 Å². The number of hydrogen-bond donors (Lipinski definition) is 1. The Bertz CT molecular complexity index is 1120. The first-order valence-electron chi connectivity index (χ1n) is 8.59. The second-order valence-electron chi connectivity index (χ2n) is 6.36. The van der Waals surface area contributed by atoms with Gasteiger partial charge in [0, 0.05) is 10.9 Å². The van der Waals surface area contributed by atoms with Gasteiger partial charge in [0.25, 0.3) is 5.91 Å². The first-order valence-corrected chi connectivity index (χ1v) is 9.79. The Hall–Kier alpha value is -2.69. The number of benzene rings is 2. The number of aryl methyl sites for hydroxylation is 1. The monoisotopic (exact) mass is 392 g/mol. The van der Waals surface area contributed by atoms with Crippen LogP contribution in [0.4, 0.5) is 5.69 Å². The number of carbonyl (C=O) groups is 1. The van der Waals surface area contributed by atoms with Gasteiger partial charge in [-0.2, -0.15) is 0 Å². The van der Waals surface area contributed by atoms with E-state index in [2.05, 4.69) is 47.6 Å². The summed E-state index contributed by atoms with van der Waals surface area (Å²) in [5, 5.41) is 4.30. The molecule has 1 N–H and O–H groups in total. The normalized spacial score (nSPS) is 10.9. The van der Waals surface area contributed by atoms with E-state index in [4.69, 9.17) is 11.6 Å². The number of hydrogen-bond acceptors (Lipinski definition) is 3. The Morgan fingerprint density at radius 2 is 1.85 bits per heavy atom. The van der Waals surface area contributed by atoms with Crippen LogP contribution >= 0.6 is 22.9 Å². The van der Waals surface area contributed by atoms with Crippen LogP contribution < -0.4 is 5.32 Å². The maximum atomic E-state index is 13.0. The van der Waals surface area contributed by atoms with E-state index in [1.54, 1.807) is 18.3 Å². The Balaban J connectivity index is 1.74. The molecule has 0 spiro atoms. The maximum absolute atomic E-state index is 13.0. The van der Waals surface area contributed by atoms with E-state index in [0.717, 1.165) is 15.6 Å². The van der Waals surface area contributed by atoms with Crippen LogP contribution in [0.1, 0.15) is 26.4 Å². The number of rotatable bonds is 4. The van der Waals surface area contributed by atoms with Gasteiger partial charge in [-0.1, -0.05) is 59.6 Å². The van der Waals surface area contributed by atoms with E-state index in [1.165, 1.54) is 22.5 Å². The summed E-state index contributed by atoms with van der Waals surface area (Å²) in [5.74, 6) is -0.159. The predicted octanol–water partition coefficient (Wildman–Crippen LogP) is 6.10. The lowest BCUT2D eigenvalue weighted by Gasteiger charge is -2.08. The Morgan fingerprint density at radius 1 is 1.07 bits per heavy atom. The van der Waals surface area contributed by atoms with Crippen molar-refractivity contribution in [2.75, 3.05) is 5.32 Å².